The van der Waals surface area contributed by atoms with Crippen LogP contribution in [0, 0.1) is 19.8 Å². The SMILES string of the molecule is C=C[C@@H]1[C@@H](C)C[C@@H](C(=O)Nc2nc(Br)ccc2C)N1C(=O)Cn1nc(C(C)=O)c2cc(-c3cnc(C)nc3)cc(OC)c21. The molecule has 0 bridgehead atoms. The molecule has 2 amide bonds. The number of hydrogen-bond acceptors (Lipinski definition) is 8. The van der Waals surface area contributed by atoms with Crippen LogP contribution in [0.25, 0.3) is 22.0 Å². The van der Waals surface area contributed by atoms with Gasteiger partial charge >= 0.3 is 0 Å². The van der Waals surface area contributed by atoms with Crippen molar-refractivity contribution in [3.05, 3.63) is 71.0 Å². The number of nitrogens with one attached hydrogen (secondary N) is 1. The molecular weight excluding hydrogens is 614 g/mol. The molecule has 1 aliphatic heterocycles. The molecule has 4 heterocycles. The molecule has 0 spiro atoms. The van der Waals surface area contributed by atoms with E-state index in [9.17, 15) is 14.4 Å². The van der Waals surface area contributed by atoms with Gasteiger partial charge in [0.25, 0.3) is 0 Å². The van der Waals surface area contributed by atoms with Gasteiger partial charge in [0.1, 0.15) is 45.8 Å². The summed E-state index contributed by atoms with van der Waals surface area (Å²) in [5.74, 6) is 0.540. The molecule has 0 saturated carbocycles. The Bertz CT molecular complexity index is 1750. The van der Waals surface area contributed by atoms with E-state index in [4.69, 9.17) is 4.74 Å². The van der Waals surface area contributed by atoms with Gasteiger partial charge in [-0.3, -0.25) is 19.1 Å². The number of aryl methyl sites for hydroxylation is 2. The molecule has 1 fully saturated rings. The quantitative estimate of drug-likeness (QED) is 0.162. The van der Waals surface area contributed by atoms with E-state index in [-0.39, 0.29) is 41.8 Å². The topological polar surface area (TPSA) is 132 Å². The van der Waals surface area contributed by atoms with Crippen molar-refractivity contribution in [2.24, 2.45) is 5.92 Å². The lowest BCUT2D eigenvalue weighted by Crippen LogP contribution is -2.48. The van der Waals surface area contributed by atoms with Gasteiger partial charge in [-0.2, -0.15) is 5.10 Å². The number of anilines is 1. The number of hydrogen-bond donors (Lipinski definition) is 1. The first kappa shape index (κ1) is 30.0. The summed E-state index contributed by atoms with van der Waals surface area (Å²) in [5, 5.41) is 7.98. The van der Waals surface area contributed by atoms with Crippen LogP contribution < -0.4 is 10.1 Å². The lowest BCUT2D eigenvalue weighted by atomic mass is 10.0. The molecule has 222 valence electrons. The Morgan fingerprint density at radius 2 is 1.88 bits per heavy atom. The summed E-state index contributed by atoms with van der Waals surface area (Å²) in [5.41, 5.74) is 2.98. The van der Waals surface area contributed by atoms with E-state index < -0.39 is 6.04 Å². The minimum Gasteiger partial charge on any atom is -0.494 e. The highest BCUT2D eigenvalue weighted by atomic mass is 79.9. The van der Waals surface area contributed by atoms with Gasteiger partial charge in [0.05, 0.1) is 13.2 Å². The van der Waals surface area contributed by atoms with Gasteiger partial charge in [-0.15, -0.1) is 6.58 Å². The second kappa shape index (κ2) is 12.0. The molecule has 0 unspecified atom stereocenters. The number of carbonyl (C=O) groups is 3. The fourth-order valence-corrected chi connectivity index (χ4v) is 5.87. The highest BCUT2D eigenvalue weighted by Crippen LogP contribution is 2.36. The number of halogens is 1. The molecule has 0 radical (unpaired) electrons. The van der Waals surface area contributed by atoms with Gasteiger partial charge in [0.2, 0.25) is 11.8 Å². The third-order valence-corrected chi connectivity index (χ3v) is 8.18. The fourth-order valence-electron chi connectivity index (χ4n) is 5.57. The Morgan fingerprint density at radius 3 is 2.53 bits per heavy atom. The minimum atomic E-state index is -0.755. The molecule has 11 nitrogen and oxygen atoms in total. The van der Waals surface area contributed by atoms with E-state index in [1.54, 1.807) is 42.4 Å². The number of ether oxygens (including phenoxy) is 1. The van der Waals surface area contributed by atoms with Crippen molar-refractivity contribution >= 4 is 50.2 Å². The molecule has 1 aromatic carbocycles. The van der Waals surface area contributed by atoms with Crippen LogP contribution in [-0.4, -0.2) is 66.4 Å². The van der Waals surface area contributed by atoms with Crippen molar-refractivity contribution in [3.8, 4) is 16.9 Å². The zero-order valence-electron chi connectivity index (χ0n) is 24.6. The van der Waals surface area contributed by atoms with Gasteiger partial charge in [-0.05, 0) is 71.4 Å². The number of amides is 2. The first-order chi connectivity index (χ1) is 20.5. The molecule has 4 aromatic rings. The van der Waals surface area contributed by atoms with Crippen molar-refractivity contribution < 1.29 is 19.1 Å². The summed E-state index contributed by atoms with van der Waals surface area (Å²) < 4.78 is 7.79. The fraction of sp³-hybridized carbons (Fsp3) is 0.323. The Labute approximate surface area is 257 Å². The number of pyridine rings is 1. The van der Waals surface area contributed by atoms with Crippen LogP contribution in [0.1, 0.15) is 42.1 Å². The van der Waals surface area contributed by atoms with Crippen molar-refractivity contribution in [2.75, 3.05) is 12.4 Å². The molecule has 5 rings (SSSR count). The van der Waals surface area contributed by atoms with E-state index in [0.29, 0.717) is 39.3 Å². The Balaban J connectivity index is 1.52. The zero-order valence-corrected chi connectivity index (χ0v) is 26.2. The lowest BCUT2D eigenvalue weighted by Gasteiger charge is -2.29. The maximum Gasteiger partial charge on any atom is 0.248 e. The first-order valence-corrected chi connectivity index (χ1v) is 14.6. The Morgan fingerprint density at radius 1 is 1.16 bits per heavy atom. The molecular formula is C31H32BrN7O4. The highest BCUT2D eigenvalue weighted by Gasteiger charge is 2.44. The maximum atomic E-state index is 14.0. The van der Waals surface area contributed by atoms with Gasteiger partial charge < -0.3 is 15.0 Å². The number of methoxy groups -OCH3 is 1. The van der Waals surface area contributed by atoms with Crippen LogP contribution >= 0.6 is 15.9 Å². The standard InChI is InChI=1S/C31H32BrN7O4/c1-7-23-17(3)10-24(31(42)36-30-16(2)8-9-26(32)35-30)39(23)27(41)15-38-29-22(28(37-38)18(4)40)11-20(12-25(29)43-6)21-13-33-19(5)34-14-21/h7-9,11-14,17,23-24H,1,10,15H2,2-6H3,(H,35,36,42)/t17-,23+,24-/m0/s1. The molecule has 12 heteroatoms. The van der Waals surface area contributed by atoms with Crippen LogP contribution in [0.2, 0.25) is 0 Å². The summed E-state index contributed by atoms with van der Waals surface area (Å²) >= 11 is 3.35. The summed E-state index contributed by atoms with van der Waals surface area (Å²) in [6.45, 7) is 10.8. The van der Waals surface area contributed by atoms with Crippen molar-refractivity contribution in [3.63, 3.8) is 0 Å². The van der Waals surface area contributed by atoms with Crippen molar-refractivity contribution in [2.45, 2.75) is 52.7 Å². The van der Waals surface area contributed by atoms with E-state index in [1.807, 2.05) is 26.0 Å². The monoisotopic (exact) mass is 645 g/mol. The Kier molecular flexibility index (Phi) is 8.41. The number of fused-ring (bicyclic) bond motifs is 1. The van der Waals surface area contributed by atoms with Crippen LogP contribution in [-0.2, 0) is 16.1 Å². The van der Waals surface area contributed by atoms with Crippen molar-refractivity contribution in [1.29, 1.82) is 0 Å². The van der Waals surface area contributed by atoms with Crippen LogP contribution in [0.5, 0.6) is 5.75 Å². The number of benzene rings is 1. The first-order valence-electron chi connectivity index (χ1n) is 13.8. The van der Waals surface area contributed by atoms with Gasteiger partial charge in [-0.1, -0.05) is 19.1 Å². The number of nitrogens with zero attached hydrogens (tertiary/aromatic N) is 6. The van der Waals surface area contributed by atoms with Gasteiger partial charge in [-0.25, -0.2) is 15.0 Å². The highest BCUT2D eigenvalue weighted by molar-refractivity contribution is 9.10. The second-order valence-corrected chi connectivity index (χ2v) is 11.5. The number of carbonyl (C=O) groups excluding carboxylic acids is 3. The molecule has 43 heavy (non-hydrogen) atoms. The van der Waals surface area contributed by atoms with E-state index in [2.05, 4.69) is 47.9 Å². The number of ketones is 1. The number of likely N-dealkylation sites (tertiary alicyclic amines) is 1. The summed E-state index contributed by atoms with van der Waals surface area (Å²) in [7, 11) is 1.52. The average molecular weight is 647 g/mol. The smallest absolute Gasteiger partial charge is 0.248 e. The van der Waals surface area contributed by atoms with Crippen molar-refractivity contribution in [1.82, 2.24) is 29.6 Å². The van der Waals surface area contributed by atoms with E-state index in [1.165, 1.54) is 18.7 Å². The van der Waals surface area contributed by atoms with E-state index >= 15 is 0 Å². The molecule has 1 saturated heterocycles. The molecule has 3 aromatic heterocycles. The summed E-state index contributed by atoms with van der Waals surface area (Å²) in [6, 6.07) is 6.14. The predicted octanol–water partition coefficient (Wildman–Crippen LogP) is 4.91. The predicted molar refractivity (Wildman–Crippen MR) is 166 cm³/mol. The zero-order chi connectivity index (χ0) is 31.0. The maximum absolute atomic E-state index is 14.0. The number of rotatable bonds is 8. The average Bonchev–Trinajstić information content (AvgIpc) is 3.52. The van der Waals surface area contributed by atoms with Crippen LogP contribution in [0.15, 0.2) is 53.9 Å². The van der Waals surface area contributed by atoms with Gasteiger partial charge in [0.15, 0.2) is 5.78 Å². The molecule has 1 aliphatic rings. The van der Waals surface area contributed by atoms with E-state index in [0.717, 1.165) is 16.7 Å². The molecule has 1 N–H and O–H groups in total. The largest absolute Gasteiger partial charge is 0.494 e. The third kappa shape index (κ3) is 5.79. The minimum absolute atomic E-state index is 0.00951. The summed E-state index contributed by atoms with van der Waals surface area (Å²) in [4.78, 5) is 54.8. The molecule has 3 atom stereocenters. The lowest BCUT2D eigenvalue weighted by molar-refractivity contribution is -0.138. The van der Waals surface area contributed by atoms with Crippen LogP contribution in [0.3, 0.4) is 0 Å². The molecule has 0 aliphatic carbocycles. The van der Waals surface area contributed by atoms with Gasteiger partial charge in [0, 0.05) is 30.3 Å². The van der Waals surface area contributed by atoms with Crippen LogP contribution in [0.4, 0.5) is 5.82 Å². The second-order valence-electron chi connectivity index (χ2n) is 10.7. The third-order valence-electron chi connectivity index (χ3n) is 7.73. The Hall–Kier alpha value is -4.45. The number of Topliss-reactive ketones (excluding diaryl/α,β-unsaturated/α-hetero) is 1. The summed E-state index contributed by atoms with van der Waals surface area (Å²) in [6.07, 6.45) is 5.54. The normalized spacial score (nSPS) is 18.1. The number of aromatic nitrogens is 5.